The predicted molar refractivity (Wildman–Crippen MR) is 67.5 cm³/mol. The van der Waals surface area contributed by atoms with Gasteiger partial charge in [-0.25, -0.2) is 4.79 Å². The molecule has 1 heterocycles. The highest BCUT2D eigenvalue weighted by Gasteiger charge is 2.49. The summed E-state index contributed by atoms with van der Waals surface area (Å²) in [7, 11) is 1.00. The molecule has 2 rings (SSSR count). The molecule has 0 radical (unpaired) electrons. The number of nitrogens with zero attached hydrogens (tertiary/aromatic N) is 1. The molecular formula is C13H23NO3. The lowest BCUT2D eigenvalue weighted by Gasteiger charge is -2.25. The molecule has 0 aromatic heterocycles. The summed E-state index contributed by atoms with van der Waals surface area (Å²) in [4.78, 5) is 13.5. The number of aliphatic hydroxyl groups excluding tert-OH is 1. The molecule has 0 aromatic carbocycles. The van der Waals surface area contributed by atoms with Crippen LogP contribution in [-0.4, -0.2) is 41.4 Å². The van der Waals surface area contributed by atoms with Crippen molar-refractivity contribution in [2.45, 2.75) is 45.3 Å². The van der Waals surface area contributed by atoms with Crippen molar-refractivity contribution in [1.82, 2.24) is 4.90 Å². The van der Waals surface area contributed by atoms with Crippen LogP contribution in [0.1, 0.15) is 33.6 Å². The number of amides is 1. The van der Waals surface area contributed by atoms with Crippen molar-refractivity contribution >= 4 is 6.09 Å². The van der Waals surface area contributed by atoms with Gasteiger partial charge in [0.15, 0.2) is 0 Å². The molecule has 2 atom stereocenters. The zero-order valence-electron chi connectivity index (χ0n) is 11.1. The minimum Gasteiger partial charge on any atom is -0.444 e. The van der Waals surface area contributed by atoms with Crippen LogP contribution >= 0.6 is 0 Å². The maximum Gasteiger partial charge on any atom is 0.410 e. The van der Waals surface area contributed by atoms with Crippen molar-refractivity contribution in [2.75, 3.05) is 13.7 Å². The van der Waals surface area contributed by atoms with Crippen LogP contribution in [-0.2, 0) is 4.74 Å². The summed E-state index contributed by atoms with van der Waals surface area (Å²) >= 11 is 0. The molecule has 2 fully saturated rings. The molecule has 1 amide bonds. The van der Waals surface area contributed by atoms with Crippen LogP contribution in [0.25, 0.3) is 0 Å². The van der Waals surface area contributed by atoms with Gasteiger partial charge in [0.2, 0.25) is 0 Å². The maximum absolute atomic E-state index is 11.6. The van der Waals surface area contributed by atoms with Crippen molar-refractivity contribution in [3.8, 4) is 12.8 Å². The molecule has 1 saturated heterocycles. The van der Waals surface area contributed by atoms with Gasteiger partial charge < -0.3 is 14.7 Å². The number of rotatable bonds is 0. The zero-order chi connectivity index (χ0) is 13.6. The Morgan fingerprint density at radius 3 is 2.18 bits per heavy atom. The van der Waals surface area contributed by atoms with Gasteiger partial charge in [0.1, 0.15) is 5.60 Å². The van der Waals surface area contributed by atoms with Crippen molar-refractivity contribution in [2.24, 2.45) is 5.92 Å². The van der Waals surface area contributed by atoms with Crippen LogP contribution in [0.15, 0.2) is 0 Å². The Morgan fingerprint density at radius 2 is 1.88 bits per heavy atom. The summed E-state index contributed by atoms with van der Waals surface area (Å²) < 4.78 is 5.31. The smallest absolute Gasteiger partial charge is 0.410 e. The van der Waals surface area contributed by atoms with E-state index in [-0.39, 0.29) is 11.7 Å². The summed E-state index contributed by atoms with van der Waals surface area (Å²) in [5.74, 6) is 0.785. The summed E-state index contributed by atoms with van der Waals surface area (Å²) in [5, 5.41) is 7.00. The predicted octanol–water partition coefficient (Wildman–Crippen LogP) is 1.87. The second-order valence-electron chi connectivity index (χ2n) is 5.03. The van der Waals surface area contributed by atoms with E-state index in [1.54, 1.807) is 0 Å². The molecule has 2 unspecified atom stereocenters. The summed E-state index contributed by atoms with van der Waals surface area (Å²) in [6.07, 6.45) is 10.2. The number of likely N-dealkylation sites (tertiary alicyclic amines) is 1. The molecule has 0 bridgehead atoms. The Labute approximate surface area is 104 Å². The Morgan fingerprint density at radius 1 is 1.35 bits per heavy atom. The molecule has 17 heavy (non-hydrogen) atoms. The van der Waals surface area contributed by atoms with Crippen LogP contribution < -0.4 is 0 Å². The van der Waals surface area contributed by atoms with E-state index in [4.69, 9.17) is 9.84 Å². The first-order valence-corrected chi connectivity index (χ1v) is 5.75. The van der Waals surface area contributed by atoms with Gasteiger partial charge in [0.25, 0.3) is 0 Å². The molecule has 2 aliphatic rings. The minimum atomic E-state index is -0.357. The zero-order valence-corrected chi connectivity index (χ0v) is 11.1. The van der Waals surface area contributed by atoms with Gasteiger partial charge in [-0.05, 0) is 39.5 Å². The van der Waals surface area contributed by atoms with Crippen molar-refractivity contribution in [3.05, 3.63) is 0 Å². The molecule has 98 valence electrons. The van der Waals surface area contributed by atoms with Crippen LogP contribution in [0.3, 0.4) is 0 Å². The third-order valence-electron chi connectivity index (χ3n) is 2.65. The van der Waals surface area contributed by atoms with E-state index in [0.717, 1.165) is 19.6 Å². The summed E-state index contributed by atoms with van der Waals surface area (Å²) in [6, 6.07) is 0.509. The average molecular weight is 241 g/mol. The SMILES string of the molecule is C#C.CC(C)(C)OC(=O)N1CCC2CC21.CO. The fourth-order valence-corrected chi connectivity index (χ4v) is 1.94. The van der Waals surface area contributed by atoms with Gasteiger partial charge in [-0.3, -0.25) is 0 Å². The first-order chi connectivity index (χ1) is 7.97. The number of fused-ring (bicyclic) bond motifs is 1. The van der Waals surface area contributed by atoms with Crippen LogP contribution in [0, 0.1) is 18.8 Å². The Hall–Kier alpha value is -1.21. The van der Waals surface area contributed by atoms with Gasteiger partial charge in [0.05, 0.1) is 0 Å². The molecule has 0 spiro atoms. The second-order valence-corrected chi connectivity index (χ2v) is 5.03. The molecule has 4 nitrogen and oxygen atoms in total. The number of piperidine rings is 1. The number of carbonyl (C=O) groups excluding carboxylic acids is 1. The number of ether oxygens (including phenoxy) is 1. The van der Waals surface area contributed by atoms with Crippen molar-refractivity contribution in [1.29, 1.82) is 0 Å². The quantitative estimate of drug-likeness (QED) is 0.659. The van der Waals surface area contributed by atoms with E-state index in [1.165, 1.54) is 12.8 Å². The van der Waals surface area contributed by atoms with Gasteiger partial charge >= 0.3 is 6.09 Å². The number of hydrogen-bond donors (Lipinski definition) is 1. The monoisotopic (exact) mass is 241 g/mol. The first-order valence-electron chi connectivity index (χ1n) is 5.75. The number of aliphatic hydroxyl groups is 1. The van der Waals surface area contributed by atoms with Gasteiger partial charge in [-0.1, -0.05) is 0 Å². The molecule has 4 heteroatoms. The largest absolute Gasteiger partial charge is 0.444 e. The fourth-order valence-electron chi connectivity index (χ4n) is 1.94. The van der Waals surface area contributed by atoms with E-state index in [9.17, 15) is 4.79 Å². The van der Waals surface area contributed by atoms with E-state index in [2.05, 4.69) is 12.8 Å². The molecule has 1 aliphatic heterocycles. The van der Waals surface area contributed by atoms with Crippen LogP contribution in [0.4, 0.5) is 4.79 Å². The van der Waals surface area contributed by atoms with E-state index in [0.29, 0.717) is 6.04 Å². The first kappa shape index (κ1) is 15.8. The summed E-state index contributed by atoms with van der Waals surface area (Å²) in [6.45, 7) is 6.62. The molecule has 1 saturated carbocycles. The van der Waals surface area contributed by atoms with Gasteiger partial charge in [-0.2, -0.15) is 0 Å². The number of hydrogen-bond acceptors (Lipinski definition) is 3. The highest BCUT2D eigenvalue weighted by Crippen LogP contribution is 2.44. The topological polar surface area (TPSA) is 49.8 Å². The lowest BCUT2D eigenvalue weighted by Crippen LogP contribution is -2.36. The highest BCUT2D eigenvalue weighted by molar-refractivity contribution is 5.69. The third-order valence-corrected chi connectivity index (χ3v) is 2.65. The van der Waals surface area contributed by atoms with Crippen molar-refractivity contribution in [3.63, 3.8) is 0 Å². The van der Waals surface area contributed by atoms with Gasteiger partial charge in [-0.15, -0.1) is 12.8 Å². The molecule has 1 N–H and O–H groups in total. The normalized spacial score (nSPS) is 24.5. The van der Waals surface area contributed by atoms with Crippen LogP contribution in [0.2, 0.25) is 0 Å². The third kappa shape index (κ3) is 4.66. The molecule has 0 aromatic rings. The van der Waals surface area contributed by atoms with E-state index in [1.807, 2.05) is 25.7 Å². The highest BCUT2D eigenvalue weighted by atomic mass is 16.6. The standard InChI is InChI=1S/C10H17NO2.C2H2.CH4O/c1-10(2,3)13-9(12)11-5-4-7-6-8(7)11;2*1-2/h7-8H,4-6H2,1-3H3;1-2H;2H,1H3. The Balaban J connectivity index is 0.000000581. The number of carbonyl (C=O) groups is 1. The fraction of sp³-hybridized carbons (Fsp3) is 0.769. The number of terminal acetylenes is 1. The lowest BCUT2D eigenvalue weighted by atomic mass is 10.2. The minimum absolute atomic E-state index is 0.127. The van der Waals surface area contributed by atoms with Gasteiger partial charge in [0, 0.05) is 19.7 Å². The van der Waals surface area contributed by atoms with E-state index >= 15 is 0 Å². The maximum atomic E-state index is 11.6. The Bertz CT molecular complexity index is 268. The molecule has 1 aliphatic carbocycles. The van der Waals surface area contributed by atoms with E-state index < -0.39 is 0 Å². The van der Waals surface area contributed by atoms with Crippen molar-refractivity contribution < 1.29 is 14.6 Å². The summed E-state index contributed by atoms with van der Waals surface area (Å²) in [5.41, 5.74) is -0.357. The van der Waals surface area contributed by atoms with Crippen LogP contribution in [0.5, 0.6) is 0 Å². The molecular weight excluding hydrogens is 218 g/mol. The average Bonchev–Trinajstić information content (AvgIpc) is 2.93. The lowest BCUT2D eigenvalue weighted by molar-refractivity contribution is 0.0264. The second kappa shape index (κ2) is 6.51. The Kier molecular flexibility index (Phi) is 6.04.